The Bertz CT molecular complexity index is 1040. The smallest absolute Gasteiger partial charge is 0.319 e. The van der Waals surface area contributed by atoms with Gasteiger partial charge in [-0.1, -0.05) is 72.8 Å². The average molecular weight is 385 g/mol. The largest absolute Gasteiger partial charge is 0.334 e. The third-order valence-electron chi connectivity index (χ3n) is 4.26. The lowest BCUT2D eigenvalue weighted by atomic mass is 10.1. The molecule has 0 unspecified atom stereocenters. The summed E-state index contributed by atoms with van der Waals surface area (Å²) in [6.07, 6.45) is 0. The maximum atomic E-state index is 12.0. The molecular weight excluding hydrogens is 366 g/mol. The van der Waals surface area contributed by atoms with E-state index < -0.39 is 0 Å². The van der Waals surface area contributed by atoms with Crippen LogP contribution in [0.15, 0.2) is 90.3 Å². The number of anilines is 1. The number of rotatable bonds is 5. The van der Waals surface area contributed by atoms with Crippen molar-refractivity contribution in [3.8, 4) is 21.8 Å². The van der Waals surface area contributed by atoms with Crippen LogP contribution >= 0.6 is 11.3 Å². The van der Waals surface area contributed by atoms with Gasteiger partial charge in [0, 0.05) is 28.7 Å². The highest BCUT2D eigenvalue weighted by Crippen LogP contribution is 2.28. The summed E-state index contributed by atoms with van der Waals surface area (Å²) in [4.78, 5) is 16.7. The van der Waals surface area contributed by atoms with E-state index in [1.807, 2.05) is 72.8 Å². The fraction of sp³-hybridized carbons (Fsp3) is 0.0435. The Kier molecular flexibility index (Phi) is 5.45. The molecule has 0 bridgehead atoms. The van der Waals surface area contributed by atoms with Crippen LogP contribution in [0.2, 0.25) is 0 Å². The number of urea groups is 1. The Morgan fingerprint density at radius 1 is 0.821 bits per heavy atom. The number of benzene rings is 3. The van der Waals surface area contributed by atoms with Gasteiger partial charge in [0.1, 0.15) is 5.01 Å². The zero-order valence-corrected chi connectivity index (χ0v) is 15.9. The molecule has 0 radical (unpaired) electrons. The lowest BCUT2D eigenvalue weighted by Gasteiger charge is -2.08. The quantitative estimate of drug-likeness (QED) is 0.456. The van der Waals surface area contributed by atoms with E-state index in [2.05, 4.69) is 28.1 Å². The number of aromatic nitrogens is 1. The number of amides is 2. The van der Waals surface area contributed by atoms with Crippen LogP contribution in [0.4, 0.5) is 10.5 Å². The first-order valence-corrected chi connectivity index (χ1v) is 9.86. The van der Waals surface area contributed by atoms with Gasteiger partial charge in [-0.3, -0.25) is 0 Å². The minimum atomic E-state index is -0.220. The second kappa shape index (κ2) is 8.50. The van der Waals surface area contributed by atoms with Crippen LogP contribution in [0, 0.1) is 0 Å². The van der Waals surface area contributed by atoms with E-state index in [4.69, 9.17) is 4.98 Å². The number of hydrogen-bond acceptors (Lipinski definition) is 3. The molecule has 138 valence electrons. The van der Waals surface area contributed by atoms with Gasteiger partial charge in [0.25, 0.3) is 0 Å². The molecular formula is C23H19N3OS. The first-order valence-electron chi connectivity index (χ1n) is 8.98. The number of para-hydroxylation sites is 1. The van der Waals surface area contributed by atoms with Gasteiger partial charge < -0.3 is 10.6 Å². The maximum Gasteiger partial charge on any atom is 0.319 e. The first kappa shape index (κ1) is 17.9. The summed E-state index contributed by atoms with van der Waals surface area (Å²) in [5.74, 6) is 0. The lowest BCUT2D eigenvalue weighted by Crippen LogP contribution is -2.28. The van der Waals surface area contributed by atoms with Crippen LogP contribution in [0.1, 0.15) is 5.56 Å². The second-order valence-electron chi connectivity index (χ2n) is 6.27. The van der Waals surface area contributed by atoms with Crippen molar-refractivity contribution < 1.29 is 4.79 Å². The number of thiazole rings is 1. The van der Waals surface area contributed by atoms with Crippen molar-refractivity contribution in [1.29, 1.82) is 0 Å². The van der Waals surface area contributed by atoms with Gasteiger partial charge in [-0.25, -0.2) is 9.78 Å². The van der Waals surface area contributed by atoms with Gasteiger partial charge in [-0.2, -0.15) is 0 Å². The van der Waals surface area contributed by atoms with Gasteiger partial charge in [-0.05, 0) is 17.7 Å². The summed E-state index contributed by atoms with van der Waals surface area (Å²) in [6.45, 7) is 0.464. The lowest BCUT2D eigenvalue weighted by molar-refractivity contribution is 0.251. The summed E-state index contributed by atoms with van der Waals surface area (Å²) in [5.41, 5.74) is 4.99. The van der Waals surface area contributed by atoms with Gasteiger partial charge in [-0.15, -0.1) is 11.3 Å². The molecule has 4 aromatic rings. The van der Waals surface area contributed by atoms with Gasteiger partial charge >= 0.3 is 6.03 Å². The summed E-state index contributed by atoms with van der Waals surface area (Å²) in [5, 5.41) is 8.74. The minimum Gasteiger partial charge on any atom is -0.334 e. The number of nitrogens with one attached hydrogen (secondary N) is 2. The molecule has 1 aromatic heterocycles. The fourth-order valence-corrected chi connectivity index (χ4v) is 3.63. The molecule has 2 amide bonds. The van der Waals surface area contributed by atoms with E-state index in [-0.39, 0.29) is 6.03 Å². The Labute approximate surface area is 167 Å². The Hall–Kier alpha value is -3.44. The van der Waals surface area contributed by atoms with Crippen molar-refractivity contribution in [2.75, 3.05) is 5.32 Å². The van der Waals surface area contributed by atoms with E-state index >= 15 is 0 Å². The number of hydrogen-bond donors (Lipinski definition) is 2. The monoisotopic (exact) mass is 385 g/mol. The second-order valence-corrected chi connectivity index (χ2v) is 7.13. The molecule has 4 nitrogen and oxygen atoms in total. The van der Waals surface area contributed by atoms with Crippen LogP contribution in [-0.4, -0.2) is 11.0 Å². The summed E-state index contributed by atoms with van der Waals surface area (Å²) in [6, 6.07) is 27.5. The predicted molar refractivity (Wildman–Crippen MR) is 115 cm³/mol. The Morgan fingerprint density at radius 2 is 1.50 bits per heavy atom. The molecule has 0 aliphatic rings. The molecule has 0 saturated carbocycles. The van der Waals surface area contributed by atoms with Gasteiger partial charge in [0.2, 0.25) is 0 Å². The molecule has 0 aliphatic heterocycles. The molecule has 0 aliphatic carbocycles. The first-order chi connectivity index (χ1) is 13.8. The normalized spacial score (nSPS) is 10.4. The van der Waals surface area contributed by atoms with Crippen molar-refractivity contribution in [2.24, 2.45) is 0 Å². The SMILES string of the molecule is O=C(NCc1ccc(-c2nc(-c3ccccc3)cs2)cc1)Nc1ccccc1. The molecule has 0 fully saturated rings. The van der Waals surface area contributed by atoms with Crippen LogP contribution in [0.3, 0.4) is 0 Å². The highest BCUT2D eigenvalue weighted by molar-refractivity contribution is 7.13. The summed E-state index contributed by atoms with van der Waals surface area (Å²) in [7, 11) is 0. The predicted octanol–water partition coefficient (Wildman–Crippen LogP) is 5.80. The highest BCUT2D eigenvalue weighted by atomic mass is 32.1. The van der Waals surface area contributed by atoms with Crippen LogP contribution in [0.5, 0.6) is 0 Å². The summed E-state index contributed by atoms with van der Waals surface area (Å²) < 4.78 is 0. The van der Waals surface area contributed by atoms with E-state index in [0.29, 0.717) is 6.54 Å². The van der Waals surface area contributed by atoms with Crippen LogP contribution in [0.25, 0.3) is 21.8 Å². The maximum absolute atomic E-state index is 12.0. The number of nitrogens with zero attached hydrogens (tertiary/aromatic N) is 1. The third kappa shape index (κ3) is 4.45. The van der Waals surface area contributed by atoms with E-state index in [9.17, 15) is 4.79 Å². The molecule has 4 rings (SSSR count). The van der Waals surface area contributed by atoms with Crippen molar-refractivity contribution in [3.05, 3.63) is 95.9 Å². The van der Waals surface area contributed by atoms with E-state index in [1.54, 1.807) is 11.3 Å². The topological polar surface area (TPSA) is 54.0 Å². The molecule has 1 heterocycles. The molecule has 2 N–H and O–H groups in total. The van der Waals surface area contributed by atoms with Crippen LogP contribution < -0.4 is 10.6 Å². The molecule has 3 aromatic carbocycles. The van der Waals surface area contributed by atoms with Crippen LogP contribution in [-0.2, 0) is 6.54 Å². The standard InChI is InChI=1S/C23H19N3OS/c27-23(25-20-9-5-2-6-10-20)24-15-17-11-13-19(14-12-17)22-26-21(16-28-22)18-7-3-1-4-8-18/h1-14,16H,15H2,(H2,24,25,27). The minimum absolute atomic E-state index is 0.220. The third-order valence-corrected chi connectivity index (χ3v) is 5.15. The molecule has 5 heteroatoms. The molecule has 0 saturated heterocycles. The Morgan fingerprint density at radius 3 is 2.21 bits per heavy atom. The molecule has 28 heavy (non-hydrogen) atoms. The van der Waals surface area contributed by atoms with E-state index in [0.717, 1.165) is 33.1 Å². The zero-order chi connectivity index (χ0) is 19.2. The van der Waals surface area contributed by atoms with Crippen molar-refractivity contribution in [3.63, 3.8) is 0 Å². The number of carbonyl (C=O) groups excluding carboxylic acids is 1. The fourth-order valence-electron chi connectivity index (χ4n) is 2.79. The zero-order valence-electron chi connectivity index (χ0n) is 15.1. The van der Waals surface area contributed by atoms with Gasteiger partial charge in [0.05, 0.1) is 5.69 Å². The van der Waals surface area contributed by atoms with E-state index in [1.165, 1.54) is 0 Å². The average Bonchev–Trinajstić information content (AvgIpc) is 3.24. The number of carbonyl (C=O) groups is 1. The highest BCUT2D eigenvalue weighted by Gasteiger charge is 2.07. The summed E-state index contributed by atoms with van der Waals surface area (Å²) >= 11 is 1.63. The molecule has 0 spiro atoms. The Balaban J connectivity index is 1.36. The van der Waals surface area contributed by atoms with Gasteiger partial charge in [0.15, 0.2) is 0 Å². The molecule has 0 atom stereocenters. The van der Waals surface area contributed by atoms with Crippen molar-refractivity contribution in [2.45, 2.75) is 6.54 Å². The van der Waals surface area contributed by atoms with Crippen molar-refractivity contribution >= 4 is 23.1 Å². The van der Waals surface area contributed by atoms with Crippen molar-refractivity contribution in [1.82, 2.24) is 10.3 Å².